The first-order valence-corrected chi connectivity index (χ1v) is 12.0. The summed E-state index contributed by atoms with van der Waals surface area (Å²) in [5, 5.41) is 2.89. The Balaban J connectivity index is 1.90. The largest absolute Gasteiger partial charge is 0.350 e. The number of carbonyl (C=O) groups excluding carboxylic acids is 2. The number of fused-ring (bicyclic) bond motifs is 2. The van der Waals surface area contributed by atoms with Gasteiger partial charge in [0.05, 0.1) is 27.6 Å². The van der Waals surface area contributed by atoms with Crippen LogP contribution in [-0.2, 0) is 16.4 Å². The van der Waals surface area contributed by atoms with E-state index in [1.165, 1.54) is 35.2 Å². The molecule has 0 bridgehead atoms. The van der Waals surface area contributed by atoms with Crippen molar-refractivity contribution >= 4 is 27.3 Å². The highest BCUT2D eigenvalue weighted by atomic mass is 32.2. The van der Waals surface area contributed by atoms with E-state index < -0.39 is 15.7 Å². The first-order chi connectivity index (χ1) is 15.3. The molecule has 0 spiro atoms. The second-order valence-corrected chi connectivity index (χ2v) is 9.73. The molecule has 3 aromatic carbocycles. The molecule has 0 saturated heterocycles. The predicted molar refractivity (Wildman–Crippen MR) is 123 cm³/mol. The van der Waals surface area contributed by atoms with E-state index in [0.29, 0.717) is 5.56 Å². The maximum Gasteiger partial charge on any atom is 0.259 e. The van der Waals surface area contributed by atoms with Gasteiger partial charge in [0.15, 0.2) is 0 Å². The molecule has 1 atom stereocenters. The summed E-state index contributed by atoms with van der Waals surface area (Å²) in [7, 11) is -3.96. The van der Waals surface area contributed by atoms with Crippen LogP contribution in [0.3, 0.4) is 0 Å². The fraction of sp³-hybridized carbons (Fsp3) is 0.200. The van der Waals surface area contributed by atoms with Crippen molar-refractivity contribution in [1.82, 2.24) is 5.32 Å². The monoisotopic (exact) mass is 448 g/mol. The van der Waals surface area contributed by atoms with E-state index in [1.807, 2.05) is 44.2 Å². The maximum atomic E-state index is 13.6. The maximum absolute atomic E-state index is 13.6. The van der Waals surface area contributed by atoms with Gasteiger partial charge in [0.1, 0.15) is 0 Å². The van der Waals surface area contributed by atoms with E-state index in [1.54, 1.807) is 12.1 Å². The van der Waals surface area contributed by atoms with Gasteiger partial charge in [-0.25, -0.2) is 8.42 Å². The summed E-state index contributed by atoms with van der Waals surface area (Å²) in [6, 6.07) is 19.9. The van der Waals surface area contributed by atoms with Crippen LogP contribution in [0, 0.1) is 0 Å². The van der Waals surface area contributed by atoms with Crippen molar-refractivity contribution in [2.75, 3.05) is 4.90 Å². The summed E-state index contributed by atoms with van der Waals surface area (Å²) < 4.78 is 27.0. The van der Waals surface area contributed by atoms with Crippen LogP contribution in [0.25, 0.3) is 0 Å². The van der Waals surface area contributed by atoms with Gasteiger partial charge in [0.25, 0.3) is 11.8 Å². The van der Waals surface area contributed by atoms with E-state index in [2.05, 4.69) is 5.32 Å². The van der Waals surface area contributed by atoms with Gasteiger partial charge < -0.3 is 10.2 Å². The van der Waals surface area contributed by atoms with Crippen molar-refractivity contribution in [2.45, 2.75) is 42.6 Å². The van der Waals surface area contributed by atoms with Crippen molar-refractivity contribution in [2.24, 2.45) is 0 Å². The Hall–Kier alpha value is -3.45. The molecule has 0 aromatic heterocycles. The molecule has 1 N–H and O–H groups in total. The lowest BCUT2D eigenvalue weighted by Crippen LogP contribution is -2.33. The van der Waals surface area contributed by atoms with Crippen LogP contribution < -0.4 is 10.2 Å². The number of nitrogens with one attached hydrogen (secondary N) is 1. The van der Waals surface area contributed by atoms with Crippen molar-refractivity contribution in [1.29, 1.82) is 0 Å². The zero-order valence-corrected chi connectivity index (χ0v) is 18.7. The minimum Gasteiger partial charge on any atom is -0.350 e. The van der Waals surface area contributed by atoms with Crippen LogP contribution in [0.5, 0.6) is 0 Å². The van der Waals surface area contributed by atoms with E-state index in [0.717, 1.165) is 12.0 Å². The lowest BCUT2D eigenvalue weighted by atomic mass is 10.1. The summed E-state index contributed by atoms with van der Waals surface area (Å²) in [5.41, 5.74) is 1.46. The van der Waals surface area contributed by atoms with E-state index >= 15 is 0 Å². The van der Waals surface area contributed by atoms with Crippen LogP contribution >= 0.6 is 0 Å². The Morgan fingerprint density at radius 3 is 2.38 bits per heavy atom. The van der Waals surface area contributed by atoms with Gasteiger partial charge in [-0.2, -0.15) is 0 Å². The Kier molecular flexibility index (Phi) is 5.84. The predicted octanol–water partition coefficient (Wildman–Crippen LogP) is 4.21. The van der Waals surface area contributed by atoms with Gasteiger partial charge in [-0.15, -0.1) is 0 Å². The molecular weight excluding hydrogens is 424 g/mol. The third kappa shape index (κ3) is 3.91. The summed E-state index contributed by atoms with van der Waals surface area (Å²) in [4.78, 5) is 27.7. The number of benzene rings is 3. The average Bonchev–Trinajstić information content (AvgIpc) is 2.88. The Morgan fingerprint density at radius 1 is 0.969 bits per heavy atom. The Morgan fingerprint density at radius 2 is 1.66 bits per heavy atom. The van der Waals surface area contributed by atoms with Gasteiger partial charge in [-0.1, -0.05) is 49.4 Å². The summed E-state index contributed by atoms with van der Waals surface area (Å²) >= 11 is 0. The minimum atomic E-state index is -3.96. The number of hydrogen-bond donors (Lipinski definition) is 1. The van der Waals surface area contributed by atoms with E-state index in [-0.39, 0.29) is 39.5 Å². The van der Waals surface area contributed by atoms with Crippen LogP contribution in [0.1, 0.15) is 46.5 Å². The lowest BCUT2D eigenvalue weighted by molar-refractivity contribution is 0.0936. The molecular formula is C25H24N2O4S. The molecule has 0 radical (unpaired) electrons. The highest BCUT2D eigenvalue weighted by Crippen LogP contribution is 2.38. The van der Waals surface area contributed by atoms with Gasteiger partial charge in [0, 0.05) is 11.6 Å². The van der Waals surface area contributed by atoms with Crippen LogP contribution in [0.4, 0.5) is 5.69 Å². The van der Waals surface area contributed by atoms with Crippen molar-refractivity contribution in [3.8, 4) is 0 Å². The second-order valence-electron chi connectivity index (χ2n) is 7.84. The first-order valence-electron chi connectivity index (χ1n) is 10.5. The summed E-state index contributed by atoms with van der Waals surface area (Å²) in [6.07, 6.45) is 0.763. The van der Waals surface area contributed by atoms with Crippen molar-refractivity contribution in [3.05, 3.63) is 89.5 Å². The van der Waals surface area contributed by atoms with E-state index in [9.17, 15) is 18.0 Å². The smallest absolute Gasteiger partial charge is 0.259 e. The van der Waals surface area contributed by atoms with Gasteiger partial charge in [-0.3, -0.25) is 9.59 Å². The zero-order valence-electron chi connectivity index (χ0n) is 17.9. The number of hydrogen-bond acceptors (Lipinski definition) is 4. The molecule has 1 aliphatic heterocycles. The standard InChI is InChI=1S/C25H24N2O4S/c1-3-17(2)26-24(28)19-13-14-23-21(15-19)27(16-18-9-5-4-6-10-18)25(29)20-11-7-8-12-22(20)32(23,30)31/h4-15,17H,3,16H2,1-2H3,(H,26,28)/t17-/m1/s1. The Bertz CT molecular complexity index is 1290. The second kappa shape index (κ2) is 8.59. The zero-order chi connectivity index (χ0) is 22.9. The summed E-state index contributed by atoms with van der Waals surface area (Å²) in [6.45, 7) is 4.03. The molecule has 0 aliphatic carbocycles. The number of amides is 2. The molecule has 2 amide bonds. The molecule has 0 saturated carbocycles. The van der Waals surface area contributed by atoms with Crippen LogP contribution in [0.15, 0.2) is 82.6 Å². The molecule has 7 heteroatoms. The first kappa shape index (κ1) is 21.8. The van der Waals surface area contributed by atoms with E-state index in [4.69, 9.17) is 0 Å². The fourth-order valence-electron chi connectivity index (χ4n) is 3.68. The number of anilines is 1. The summed E-state index contributed by atoms with van der Waals surface area (Å²) in [5.74, 6) is -0.736. The molecule has 6 nitrogen and oxygen atoms in total. The normalized spacial score (nSPS) is 15.3. The topological polar surface area (TPSA) is 83.6 Å². The highest BCUT2D eigenvalue weighted by Gasteiger charge is 2.36. The van der Waals surface area contributed by atoms with Crippen LogP contribution in [0.2, 0.25) is 0 Å². The van der Waals surface area contributed by atoms with Gasteiger partial charge in [-0.05, 0) is 49.2 Å². The van der Waals surface area contributed by atoms with Gasteiger partial charge >= 0.3 is 0 Å². The lowest BCUT2D eigenvalue weighted by Gasteiger charge is -2.23. The molecule has 3 aromatic rings. The molecule has 4 rings (SSSR count). The number of sulfone groups is 1. The van der Waals surface area contributed by atoms with Crippen LogP contribution in [-0.4, -0.2) is 26.3 Å². The molecule has 1 heterocycles. The fourth-order valence-corrected chi connectivity index (χ4v) is 5.31. The third-order valence-corrected chi connectivity index (χ3v) is 7.49. The van der Waals surface area contributed by atoms with Crippen molar-refractivity contribution < 1.29 is 18.0 Å². The third-order valence-electron chi connectivity index (χ3n) is 5.63. The quantitative estimate of drug-likeness (QED) is 0.634. The molecule has 1 aliphatic rings. The number of nitrogens with zero attached hydrogens (tertiary/aromatic N) is 1. The highest BCUT2D eigenvalue weighted by molar-refractivity contribution is 7.91. The number of rotatable bonds is 5. The van der Waals surface area contributed by atoms with Crippen molar-refractivity contribution in [3.63, 3.8) is 0 Å². The molecule has 164 valence electrons. The minimum absolute atomic E-state index is 0.00632. The Labute approximate surface area is 187 Å². The molecule has 0 fully saturated rings. The number of carbonyl (C=O) groups is 2. The average molecular weight is 449 g/mol. The molecule has 0 unspecified atom stereocenters. The van der Waals surface area contributed by atoms with Gasteiger partial charge in [0.2, 0.25) is 9.84 Å². The molecule has 32 heavy (non-hydrogen) atoms. The SMILES string of the molecule is CC[C@@H](C)NC(=O)c1ccc2c(c1)N(Cc1ccccc1)C(=O)c1ccccc1S2(=O)=O.